The maximum Gasteiger partial charge on any atom is 0.0730 e. The molecule has 0 aromatic carbocycles. The van der Waals surface area contributed by atoms with E-state index in [0.29, 0.717) is 12.1 Å². The minimum absolute atomic E-state index is 0.0821. The van der Waals surface area contributed by atoms with Gasteiger partial charge < -0.3 is 14.8 Å². The number of hydrogen-bond acceptors (Lipinski definition) is 3. The molecule has 1 N–H and O–H groups in total. The summed E-state index contributed by atoms with van der Waals surface area (Å²) in [5, 5.41) is 3.42. The molecule has 0 saturated heterocycles. The Bertz CT molecular complexity index is 253. The van der Waals surface area contributed by atoms with Gasteiger partial charge in [-0.25, -0.2) is 0 Å². The van der Waals surface area contributed by atoms with Crippen LogP contribution in [-0.4, -0.2) is 38.5 Å². The molecule has 0 aromatic heterocycles. The lowest BCUT2D eigenvalue weighted by atomic mass is 9.78. The summed E-state index contributed by atoms with van der Waals surface area (Å²) < 4.78 is 11.6. The van der Waals surface area contributed by atoms with Crippen molar-refractivity contribution in [3.8, 4) is 0 Å². The van der Waals surface area contributed by atoms with E-state index in [1.165, 1.54) is 19.3 Å². The summed E-state index contributed by atoms with van der Waals surface area (Å²) in [7, 11) is 3.82. The van der Waals surface area contributed by atoms with Crippen LogP contribution in [-0.2, 0) is 9.47 Å². The van der Waals surface area contributed by atoms with Gasteiger partial charge in [-0.2, -0.15) is 0 Å². The van der Waals surface area contributed by atoms with Gasteiger partial charge in [0.25, 0.3) is 0 Å². The minimum atomic E-state index is -0.0821. The zero-order valence-electron chi connectivity index (χ0n) is 13.7. The lowest BCUT2D eigenvalue weighted by molar-refractivity contribution is -0.0518. The van der Waals surface area contributed by atoms with Crippen molar-refractivity contribution >= 4 is 0 Å². The first-order valence-electron chi connectivity index (χ1n) is 7.73. The molecule has 1 fully saturated rings. The molecule has 0 bridgehead atoms. The summed E-state index contributed by atoms with van der Waals surface area (Å²) in [6, 6.07) is 0.514. The van der Waals surface area contributed by atoms with Gasteiger partial charge in [-0.05, 0) is 58.4 Å². The standard InChI is InChI=1S/C16H33NO2/c1-12(2)13-7-8-14(17-5)15(11-13)19-10-9-16(3,4)18-6/h12-15,17H,7-11H2,1-6H3. The molecule has 114 valence electrons. The summed E-state index contributed by atoms with van der Waals surface area (Å²) >= 11 is 0. The van der Waals surface area contributed by atoms with Gasteiger partial charge >= 0.3 is 0 Å². The third-order valence-corrected chi connectivity index (χ3v) is 4.73. The van der Waals surface area contributed by atoms with E-state index in [4.69, 9.17) is 9.47 Å². The average molecular weight is 271 g/mol. The van der Waals surface area contributed by atoms with Crippen molar-refractivity contribution in [2.24, 2.45) is 11.8 Å². The van der Waals surface area contributed by atoms with Crippen molar-refractivity contribution in [3.63, 3.8) is 0 Å². The van der Waals surface area contributed by atoms with Crippen LogP contribution in [0, 0.1) is 11.8 Å². The number of hydrogen-bond donors (Lipinski definition) is 1. The molecule has 0 aliphatic heterocycles. The topological polar surface area (TPSA) is 30.5 Å². The smallest absolute Gasteiger partial charge is 0.0730 e. The third-order valence-electron chi connectivity index (χ3n) is 4.73. The van der Waals surface area contributed by atoms with Crippen molar-refractivity contribution in [3.05, 3.63) is 0 Å². The summed E-state index contributed by atoms with van der Waals surface area (Å²) in [4.78, 5) is 0. The normalized spacial score (nSPS) is 28.9. The quantitative estimate of drug-likeness (QED) is 0.771. The van der Waals surface area contributed by atoms with Crippen molar-refractivity contribution in [1.29, 1.82) is 0 Å². The number of methoxy groups -OCH3 is 1. The zero-order chi connectivity index (χ0) is 14.5. The molecule has 0 heterocycles. The molecule has 1 aliphatic rings. The Labute approximate surface area is 119 Å². The number of nitrogens with one attached hydrogen (secondary N) is 1. The SMILES string of the molecule is CNC1CCC(C(C)C)CC1OCCC(C)(C)OC. The fourth-order valence-electron chi connectivity index (χ4n) is 2.84. The Morgan fingerprint density at radius 1 is 1.26 bits per heavy atom. The molecule has 1 saturated carbocycles. The van der Waals surface area contributed by atoms with E-state index in [1.54, 1.807) is 7.11 Å². The number of ether oxygens (including phenoxy) is 2. The highest BCUT2D eigenvalue weighted by Gasteiger charge is 2.31. The van der Waals surface area contributed by atoms with E-state index < -0.39 is 0 Å². The van der Waals surface area contributed by atoms with Crippen LogP contribution in [0.25, 0.3) is 0 Å². The van der Waals surface area contributed by atoms with Gasteiger partial charge in [0.2, 0.25) is 0 Å². The van der Waals surface area contributed by atoms with E-state index in [2.05, 4.69) is 40.1 Å². The Kier molecular flexibility index (Phi) is 6.78. The first kappa shape index (κ1) is 16.9. The monoisotopic (exact) mass is 271 g/mol. The van der Waals surface area contributed by atoms with E-state index in [9.17, 15) is 0 Å². The highest BCUT2D eigenvalue weighted by atomic mass is 16.5. The first-order chi connectivity index (χ1) is 8.89. The molecule has 1 rings (SSSR count). The Balaban J connectivity index is 2.43. The van der Waals surface area contributed by atoms with Crippen LogP contribution in [0.1, 0.15) is 53.4 Å². The van der Waals surface area contributed by atoms with Crippen molar-refractivity contribution in [2.45, 2.75) is 71.1 Å². The fourth-order valence-corrected chi connectivity index (χ4v) is 2.84. The summed E-state index contributed by atoms with van der Waals surface area (Å²) in [5.74, 6) is 1.57. The van der Waals surface area contributed by atoms with Crippen LogP contribution < -0.4 is 5.32 Å². The van der Waals surface area contributed by atoms with Gasteiger partial charge in [-0.15, -0.1) is 0 Å². The van der Waals surface area contributed by atoms with Crippen LogP contribution >= 0.6 is 0 Å². The molecule has 0 spiro atoms. The van der Waals surface area contributed by atoms with Gasteiger partial charge in [-0.1, -0.05) is 13.8 Å². The summed E-state index contributed by atoms with van der Waals surface area (Å²) in [6.07, 6.45) is 5.06. The average Bonchev–Trinajstić information content (AvgIpc) is 2.38. The molecule has 0 amide bonds. The molecule has 1 aliphatic carbocycles. The van der Waals surface area contributed by atoms with Crippen LogP contribution in [0.5, 0.6) is 0 Å². The Morgan fingerprint density at radius 3 is 2.47 bits per heavy atom. The largest absolute Gasteiger partial charge is 0.379 e. The number of rotatable bonds is 7. The Hall–Kier alpha value is -0.120. The van der Waals surface area contributed by atoms with Crippen LogP contribution in [0.2, 0.25) is 0 Å². The van der Waals surface area contributed by atoms with Crippen LogP contribution in [0.3, 0.4) is 0 Å². The van der Waals surface area contributed by atoms with Crippen LogP contribution in [0.4, 0.5) is 0 Å². The van der Waals surface area contributed by atoms with Gasteiger partial charge in [0.05, 0.1) is 11.7 Å². The minimum Gasteiger partial charge on any atom is -0.379 e. The molecule has 3 heteroatoms. The zero-order valence-corrected chi connectivity index (χ0v) is 13.7. The second-order valence-corrected chi connectivity index (χ2v) is 6.84. The van der Waals surface area contributed by atoms with Crippen LogP contribution in [0.15, 0.2) is 0 Å². The molecule has 3 unspecified atom stereocenters. The van der Waals surface area contributed by atoms with E-state index >= 15 is 0 Å². The highest BCUT2D eigenvalue weighted by molar-refractivity contribution is 4.86. The first-order valence-corrected chi connectivity index (χ1v) is 7.73. The van der Waals surface area contributed by atoms with Crippen molar-refractivity contribution < 1.29 is 9.47 Å². The maximum absolute atomic E-state index is 6.16. The Morgan fingerprint density at radius 2 is 1.95 bits per heavy atom. The lowest BCUT2D eigenvalue weighted by Gasteiger charge is -2.38. The van der Waals surface area contributed by atoms with E-state index in [0.717, 1.165) is 24.9 Å². The van der Waals surface area contributed by atoms with E-state index in [-0.39, 0.29) is 5.60 Å². The molecule has 19 heavy (non-hydrogen) atoms. The molecule has 3 nitrogen and oxygen atoms in total. The predicted octanol–water partition coefficient (Wildman–Crippen LogP) is 3.23. The lowest BCUT2D eigenvalue weighted by Crippen LogP contribution is -2.45. The van der Waals surface area contributed by atoms with Gasteiger partial charge in [0.15, 0.2) is 0 Å². The van der Waals surface area contributed by atoms with Crippen molar-refractivity contribution in [2.75, 3.05) is 20.8 Å². The second kappa shape index (κ2) is 7.61. The van der Waals surface area contributed by atoms with Gasteiger partial charge in [0.1, 0.15) is 0 Å². The third kappa shape index (κ3) is 5.41. The highest BCUT2D eigenvalue weighted by Crippen LogP contribution is 2.32. The predicted molar refractivity (Wildman–Crippen MR) is 80.5 cm³/mol. The molecule has 0 radical (unpaired) electrons. The molecule has 3 atom stereocenters. The molecular formula is C16H33NO2. The number of likely N-dealkylation sites (N-methyl/N-ethyl adjacent to an activating group) is 1. The van der Waals surface area contributed by atoms with E-state index in [1.807, 2.05) is 0 Å². The maximum atomic E-state index is 6.16. The fraction of sp³-hybridized carbons (Fsp3) is 1.00. The van der Waals surface area contributed by atoms with Gasteiger partial charge in [-0.3, -0.25) is 0 Å². The summed E-state index contributed by atoms with van der Waals surface area (Å²) in [5.41, 5.74) is -0.0821. The van der Waals surface area contributed by atoms with Crippen molar-refractivity contribution in [1.82, 2.24) is 5.32 Å². The molecular weight excluding hydrogens is 238 g/mol. The van der Waals surface area contributed by atoms with Gasteiger partial charge in [0, 0.05) is 19.8 Å². The summed E-state index contributed by atoms with van der Waals surface area (Å²) in [6.45, 7) is 9.67. The second-order valence-electron chi connectivity index (χ2n) is 6.84. The molecule has 0 aromatic rings.